The number of carbonyl (C=O) groups excluding carboxylic acids is 3. The summed E-state index contributed by atoms with van der Waals surface area (Å²) in [4.78, 5) is 41.8. The van der Waals surface area contributed by atoms with Gasteiger partial charge in [-0.05, 0) is 49.7 Å². The van der Waals surface area contributed by atoms with Crippen LogP contribution in [0.25, 0.3) is 10.9 Å². The molecule has 1 fully saturated rings. The molecule has 0 aliphatic carbocycles. The second-order valence-corrected chi connectivity index (χ2v) is 9.98. The molecule has 196 valence electrons. The Morgan fingerprint density at radius 2 is 1.65 bits per heavy atom. The number of nitrogens with zero attached hydrogens (tertiary/aromatic N) is 3. The molecule has 1 aliphatic heterocycles. The molecular weight excluding hydrogens is 530 g/mol. The van der Waals surface area contributed by atoms with E-state index >= 15 is 0 Å². The zero-order chi connectivity index (χ0) is 27.2. The number of halogens is 5. The highest BCUT2D eigenvalue weighted by atomic mass is 35.5. The summed E-state index contributed by atoms with van der Waals surface area (Å²) in [5.74, 6) is -0.940. The van der Waals surface area contributed by atoms with E-state index < -0.39 is 17.5 Å². The summed E-state index contributed by atoms with van der Waals surface area (Å²) < 4.78 is 41.4. The summed E-state index contributed by atoms with van der Waals surface area (Å²) in [7, 11) is 1.49. The third-order valence-corrected chi connectivity index (χ3v) is 7.29. The Bertz CT molecular complexity index is 1420. The molecule has 1 saturated heterocycles. The van der Waals surface area contributed by atoms with Crippen molar-refractivity contribution in [2.75, 3.05) is 32.7 Å². The SMILES string of the molecule is CC(=O)CN1CCN(C(=O)c2ccc(Cl)c(C(=O)c3cc4c(C)cc(C(F)(F)F)cc4n3C)c2Cl)CC1. The number of hydrogen-bond donors (Lipinski definition) is 0. The van der Waals surface area contributed by atoms with Crippen LogP contribution in [0, 0.1) is 6.92 Å². The minimum Gasteiger partial charge on any atom is -0.341 e. The highest BCUT2D eigenvalue weighted by Crippen LogP contribution is 2.36. The van der Waals surface area contributed by atoms with Crippen LogP contribution in [0.4, 0.5) is 13.2 Å². The summed E-state index contributed by atoms with van der Waals surface area (Å²) >= 11 is 12.9. The van der Waals surface area contributed by atoms with E-state index in [1.807, 2.05) is 4.90 Å². The molecule has 1 amide bonds. The first-order chi connectivity index (χ1) is 17.3. The average Bonchev–Trinajstić information content (AvgIpc) is 3.15. The highest BCUT2D eigenvalue weighted by molar-refractivity contribution is 6.42. The molecule has 0 N–H and O–H groups in total. The Balaban J connectivity index is 1.68. The molecule has 0 atom stereocenters. The normalized spacial score (nSPS) is 14.9. The number of carbonyl (C=O) groups is 3. The van der Waals surface area contributed by atoms with Crippen molar-refractivity contribution in [3.63, 3.8) is 0 Å². The predicted molar refractivity (Wildman–Crippen MR) is 136 cm³/mol. The number of piperazine rings is 1. The second kappa shape index (κ2) is 10.1. The molecule has 1 aliphatic rings. The van der Waals surface area contributed by atoms with Crippen LogP contribution in [0.1, 0.15) is 44.5 Å². The van der Waals surface area contributed by atoms with Crippen molar-refractivity contribution in [2.45, 2.75) is 20.0 Å². The molecule has 11 heteroatoms. The Morgan fingerprint density at radius 1 is 1.00 bits per heavy atom. The van der Waals surface area contributed by atoms with Crippen molar-refractivity contribution >= 4 is 51.6 Å². The van der Waals surface area contributed by atoms with E-state index in [0.717, 1.165) is 12.1 Å². The van der Waals surface area contributed by atoms with Gasteiger partial charge in [-0.2, -0.15) is 13.2 Å². The lowest BCUT2D eigenvalue weighted by Crippen LogP contribution is -2.49. The van der Waals surface area contributed by atoms with Gasteiger partial charge in [0.15, 0.2) is 0 Å². The fraction of sp³-hybridized carbons (Fsp3) is 0.346. The van der Waals surface area contributed by atoms with Crippen molar-refractivity contribution in [1.82, 2.24) is 14.4 Å². The number of fused-ring (bicyclic) bond motifs is 1. The number of alkyl halides is 3. The number of amides is 1. The van der Waals surface area contributed by atoms with Crippen molar-refractivity contribution in [2.24, 2.45) is 7.05 Å². The van der Waals surface area contributed by atoms with Crippen molar-refractivity contribution in [3.8, 4) is 0 Å². The first kappa shape index (κ1) is 27.2. The lowest BCUT2D eigenvalue weighted by atomic mass is 10.0. The molecule has 0 saturated carbocycles. The lowest BCUT2D eigenvalue weighted by molar-refractivity contribution is -0.137. The van der Waals surface area contributed by atoms with Crippen molar-refractivity contribution in [3.05, 3.63) is 68.3 Å². The van der Waals surface area contributed by atoms with Crippen LogP contribution < -0.4 is 0 Å². The number of Topliss-reactive ketones (excluding diaryl/α,β-unsaturated/α-hetero) is 1. The molecule has 2 aromatic carbocycles. The Labute approximate surface area is 221 Å². The number of hydrogen-bond acceptors (Lipinski definition) is 4. The van der Waals surface area contributed by atoms with Crippen molar-refractivity contribution < 1.29 is 27.6 Å². The Morgan fingerprint density at radius 3 is 2.24 bits per heavy atom. The molecule has 37 heavy (non-hydrogen) atoms. The van der Waals surface area contributed by atoms with E-state index in [1.54, 1.807) is 11.8 Å². The summed E-state index contributed by atoms with van der Waals surface area (Å²) in [5, 5.41) is 0.393. The van der Waals surface area contributed by atoms with E-state index in [1.165, 1.54) is 36.7 Å². The molecule has 2 heterocycles. The van der Waals surface area contributed by atoms with Crippen LogP contribution in [0.3, 0.4) is 0 Å². The Hall–Kier alpha value is -2.88. The molecule has 1 aromatic heterocycles. The maximum Gasteiger partial charge on any atom is 0.416 e. The molecule has 6 nitrogen and oxygen atoms in total. The largest absolute Gasteiger partial charge is 0.416 e. The fourth-order valence-electron chi connectivity index (χ4n) is 4.64. The summed E-state index contributed by atoms with van der Waals surface area (Å²) in [5.41, 5.74) is -0.121. The smallest absolute Gasteiger partial charge is 0.341 e. The van der Waals surface area contributed by atoms with Crippen LogP contribution in [-0.4, -0.2) is 64.6 Å². The molecule has 3 aromatic rings. The van der Waals surface area contributed by atoms with Crippen LogP contribution >= 0.6 is 23.2 Å². The van der Waals surface area contributed by atoms with E-state index in [4.69, 9.17) is 23.2 Å². The van der Waals surface area contributed by atoms with Crippen LogP contribution in [0.5, 0.6) is 0 Å². The third-order valence-electron chi connectivity index (χ3n) is 6.58. The molecule has 0 spiro atoms. The standard InChI is InChI=1S/C26H24Cl2F3N3O3/c1-14-10-16(26(29,30)31)11-20-18(14)12-21(32(20)3)24(36)22-19(27)5-4-17(23(22)28)25(37)34-8-6-33(7-9-34)13-15(2)35/h4-5,10-12H,6-9,13H2,1-3H3. The number of rotatable bonds is 5. The molecule has 4 rings (SSSR count). The average molecular weight is 554 g/mol. The van der Waals surface area contributed by atoms with Gasteiger partial charge in [-0.1, -0.05) is 23.2 Å². The van der Waals surface area contributed by atoms with Crippen LogP contribution in [0.2, 0.25) is 10.0 Å². The minimum absolute atomic E-state index is 0.0239. The maximum absolute atomic E-state index is 13.6. The summed E-state index contributed by atoms with van der Waals surface area (Å²) in [6.07, 6.45) is -4.54. The zero-order valence-electron chi connectivity index (χ0n) is 20.4. The molecular formula is C26H24Cl2F3N3O3. The van der Waals surface area contributed by atoms with E-state index in [9.17, 15) is 27.6 Å². The van der Waals surface area contributed by atoms with E-state index in [-0.39, 0.29) is 44.1 Å². The number of ketones is 2. The van der Waals surface area contributed by atoms with Crippen LogP contribution in [-0.2, 0) is 18.0 Å². The third kappa shape index (κ3) is 5.26. The van der Waals surface area contributed by atoms with Crippen molar-refractivity contribution in [1.29, 1.82) is 0 Å². The molecule has 0 unspecified atom stereocenters. The van der Waals surface area contributed by atoms with Gasteiger partial charge >= 0.3 is 6.18 Å². The Kier molecular flexibility index (Phi) is 7.43. The second-order valence-electron chi connectivity index (χ2n) is 9.20. The predicted octanol–water partition coefficient (Wildman–Crippen LogP) is 5.39. The number of aryl methyl sites for hydroxylation is 2. The van der Waals surface area contributed by atoms with Gasteiger partial charge in [-0.15, -0.1) is 0 Å². The minimum atomic E-state index is -4.54. The highest BCUT2D eigenvalue weighted by Gasteiger charge is 2.33. The van der Waals surface area contributed by atoms with Gasteiger partial charge in [0.25, 0.3) is 5.91 Å². The fourth-order valence-corrected chi connectivity index (χ4v) is 5.26. The molecule has 0 bridgehead atoms. The first-order valence-electron chi connectivity index (χ1n) is 11.5. The summed E-state index contributed by atoms with van der Waals surface area (Å²) in [6, 6.07) is 6.39. The molecule has 0 radical (unpaired) electrons. The topological polar surface area (TPSA) is 62.6 Å². The monoisotopic (exact) mass is 553 g/mol. The van der Waals surface area contributed by atoms with Gasteiger partial charge in [-0.25, -0.2) is 0 Å². The van der Waals surface area contributed by atoms with Gasteiger partial charge in [0.1, 0.15) is 5.78 Å². The van der Waals surface area contributed by atoms with Gasteiger partial charge < -0.3 is 9.47 Å². The number of aromatic nitrogens is 1. The van der Waals surface area contributed by atoms with Gasteiger partial charge in [-0.3, -0.25) is 19.3 Å². The number of benzene rings is 2. The van der Waals surface area contributed by atoms with Gasteiger partial charge in [0, 0.05) is 44.1 Å². The maximum atomic E-state index is 13.6. The van der Waals surface area contributed by atoms with E-state index in [0.29, 0.717) is 43.7 Å². The van der Waals surface area contributed by atoms with E-state index in [2.05, 4.69) is 0 Å². The summed E-state index contributed by atoms with van der Waals surface area (Å²) in [6.45, 7) is 5.19. The van der Waals surface area contributed by atoms with Crippen LogP contribution in [0.15, 0.2) is 30.3 Å². The van der Waals surface area contributed by atoms with Gasteiger partial charge in [0.2, 0.25) is 5.78 Å². The van der Waals surface area contributed by atoms with Gasteiger partial charge in [0.05, 0.1) is 39.0 Å². The quantitative estimate of drug-likeness (QED) is 0.397. The first-order valence-corrected chi connectivity index (χ1v) is 12.3. The lowest BCUT2D eigenvalue weighted by Gasteiger charge is -2.34. The zero-order valence-corrected chi connectivity index (χ0v) is 21.9.